The van der Waals surface area contributed by atoms with Crippen molar-refractivity contribution in [2.24, 2.45) is 11.8 Å². The summed E-state index contributed by atoms with van der Waals surface area (Å²) < 4.78 is 20.0. The van der Waals surface area contributed by atoms with Crippen LogP contribution in [-0.4, -0.2) is 48.7 Å². The summed E-state index contributed by atoms with van der Waals surface area (Å²) in [5.41, 5.74) is 0.514. The third kappa shape index (κ3) is 5.70. The Kier molecular flexibility index (Phi) is 7.32. The molecule has 2 aromatic rings. The number of nitrogens with one attached hydrogen (secondary N) is 3. The minimum atomic E-state index is -0.488. The summed E-state index contributed by atoms with van der Waals surface area (Å²) in [6.07, 6.45) is 5.19. The highest BCUT2D eigenvalue weighted by molar-refractivity contribution is 6.33. The molecular formula is C22H27ClFN5O2. The number of ether oxygens (including phenoxy) is 1. The lowest BCUT2D eigenvalue weighted by molar-refractivity contribution is -0.120. The number of pyridine rings is 2. The summed E-state index contributed by atoms with van der Waals surface area (Å²) in [6, 6.07) is 4.56. The Morgan fingerprint density at radius 1 is 1.26 bits per heavy atom. The molecule has 2 aliphatic heterocycles. The maximum absolute atomic E-state index is 14.6. The number of carbonyl (C=O) groups excluding carboxylic acids is 1. The van der Waals surface area contributed by atoms with E-state index < -0.39 is 5.82 Å². The van der Waals surface area contributed by atoms with Crippen LogP contribution in [0.5, 0.6) is 0 Å². The van der Waals surface area contributed by atoms with E-state index in [1.165, 1.54) is 12.3 Å². The SMILES string of the molecule is O=C(Nc1cc(-c2nc(NCC3CCOCC3)ccc2F)c(Cl)cn1)[C@@H]1CCCNC1. The van der Waals surface area contributed by atoms with Gasteiger partial charge in [0, 0.05) is 38.1 Å². The summed E-state index contributed by atoms with van der Waals surface area (Å²) in [7, 11) is 0. The quantitative estimate of drug-likeness (QED) is 0.625. The van der Waals surface area contributed by atoms with E-state index in [1.54, 1.807) is 12.1 Å². The fourth-order valence-corrected chi connectivity index (χ4v) is 4.11. The van der Waals surface area contributed by atoms with E-state index in [9.17, 15) is 9.18 Å². The molecule has 0 spiro atoms. The number of rotatable bonds is 6. The number of amides is 1. The lowest BCUT2D eigenvalue weighted by atomic mass is 9.99. The van der Waals surface area contributed by atoms with Crippen molar-refractivity contribution in [3.05, 3.63) is 35.2 Å². The molecule has 0 unspecified atom stereocenters. The predicted octanol–water partition coefficient (Wildman–Crippen LogP) is 3.71. The Balaban J connectivity index is 1.49. The average Bonchev–Trinajstić information content (AvgIpc) is 2.81. The minimum absolute atomic E-state index is 0.103. The van der Waals surface area contributed by atoms with Gasteiger partial charge in [-0.15, -0.1) is 0 Å². The Bertz CT molecular complexity index is 917. The predicted molar refractivity (Wildman–Crippen MR) is 119 cm³/mol. The molecule has 166 valence electrons. The summed E-state index contributed by atoms with van der Waals surface area (Å²) in [6.45, 7) is 3.86. The third-order valence-corrected chi connectivity index (χ3v) is 6.09. The van der Waals surface area contributed by atoms with Crippen LogP contribution < -0.4 is 16.0 Å². The zero-order valence-corrected chi connectivity index (χ0v) is 18.1. The van der Waals surface area contributed by atoms with Crippen molar-refractivity contribution in [2.75, 3.05) is 43.5 Å². The van der Waals surface area contributed by atoms with E-state index in [-0.39, 0.29) is 22.5 Å². The standard InChI is InChI=1S/C22H27ClFN5O2/c23-17-13-27-20(29-22(30)15-2-1-7-25-12-15)10-16(17)21-18(24)3-4-19(28-21)26-11-14-5-8-31-9-6-14/h3-4,10,13-15,25H,1-2,5-9,11-12H2,(H,26,28)(H,27,29,30)/t15-/m1/s1. The second kappa shape index (κ2) is 10.3. The molecule has 2 saturated heterocycles. The van der Waals surface area contributed by atoms with Crippen LogP contribution in [0.15, 0.2) is 24.4 Å². The van der Waals surface area contributed by atoms with E-state index in [4.69, 9.17) is 16.3 Å². The number of carbonyl (C=O) groups is 1. The number of nitrogens with zero attached hydrogens (tertiary/aromatic N) is 2. The zero-order chi connectivity index (χ0) is 21.6. The summed E-state index contributed by atoms with van der Waals surface area (Å²) in [4.78, 5) is 21.2. The lowest BCUT2D eigenvalue weighted by Crippen LogP contribution is -2.37. The molecule has 0 aliphatic carbocycles. The van der Waals surface area contributed by atoms with Gasteiger partial charge in [0.1, 0.15) is 23.1 Å². The van der Waals surface area contributed by atoms with Crippen LogP contribution in [0, 0.1) is 17.7 Å². The van der Waals surface area contributed by atoms with Gasteiger partial charge in [-0.05, 0) is 56.3 Å². The Morgan fingerprint density at radius 2 is 2.10 bits per heavy atom. The van der Waals surface area contributed by atoms with E-state index in [2.05, 4.69) is 25.9 Å². The lowest BCUT2D eigenvalue weighted by Gasteiger charge is -2.22. The van der Waals surface area contributed by atoms with Crippen LogP contribution in [0.2, 0.25) is 5.02 Å². The molecule has 0 saturated carbocycles. The van der Waals surface area contributed by atoms with Gasteiger partial charge in [-0.25, -0.2) is 14.4 Å². The molecule has 2 aromatic heterocycles. The van der Waals surface area contributed by atoms with Gasteiger partial charge in [-0.2, -0.15) is 0 Å². The fraction of sp³-hybridized carbons (Fsp3) is 0.500. The van der Waals surface area contributed by atoms with E-state index in [0.29, 0.717) is 29.7 Å². The topological polar surface area (TPSA) is 88.2 Å². The maximum Gasteiger partial charge on any atom is 0.229 e. The average molecular weight is 448 g/mol. The van der Waals surface area contributed by atoms with Gasteiger partial charge in [0.15, 0.2) is 0 Å². The molecule has 4 heterocycles. The number of anilines is 2. The molecule has 1 amide bonds. The third-order valence-electron chi connectivity index (χ3n) is 5.79. The largest absolute Gasteiger partial charge is 0.381 e. The monoisotopic (exact) mass is 447 g/mol. The zero-order valence-electron chi connectivity index (χ0n) is 17.3. The highest BCUT2D eigenvalue weighted by Gasteiger charge is 2.22. The minimum Gasteiger partial charge on any atom is -0.381 e. The molecule has 9 heteroatoms. The van der Waals surface area contributed by atoms with Crippen LogP contribution in [0.1, 0.15) is 25.7 Å². The van der Waals surface area contributed by atoms with Gasteiger partial charge in [0.25, 0.3) is 0 Å². The van der Waals surface area contributed by atoms with Gasteiger partial charge >= 0.3 is 0 Å². The van der Waals surface area contributed by atoms with E-state index in [1.807, 2.05) is 0 Å². The number of hydrogen-bond acceptors (Lipinski definition) is 6. The van der Waals surface area contributed by atoms with E-state index >= 15 is 0 Å². The van der Waals surface area contributed by atoms with Gasteiger partial charge in [-0.3, -0.25) is 4.79 Å². The molecule has 2 aliphatic rings. The van der Waals surface area contributed by atoms with Crippen molar-refractivity contribution < 1.29 is 13.9 Å². The molecule has 1 atom stereocenters. The normalized spacial score (nSPS) is 19.7. The van der Waals surface area contributed by atoms with Crippen molar-refractivity contribution in [3.8, 4) is 11.3 Å². The van der Waals surface area contributed by atoms with Crippen molar-refractivity contribution in [3.63, 3.8) is 0 Å². The molecule has 7 nitrogen and oxygen atoms in total. The molecule has 3 N–H and O–H groups in total. The van der Waals surface area contributed by atoms with Crippen LogP contribution in [0.25, 0.3) is 11.3 Å². The van der Waals surface area contributed by atoms with Crippen molar-refractivity contribution in [2.45, 2.75) is 25.7 Å². The van der Waals surface area contributed by atoms with Crippen LogP contribution in [0.4, 0.5) is 16.0 Å². The maximum atomic E-state index is 14.6. The number of hydrogen-bond donors (Lipinski definition) is 3. The van der Waals surface area contributed by atoms with Crippen molar-refractivity contribution >= 4 is 29.1 Å². The first-order chi connectivity index (χ1) is 15.1. The van der Waals surface area contributed by atoms with Crippen LogP contribution in [-0.2, 0) is 9.53 Å². The highest BCUT2D eigenvalue weighted by atomic mass is 35.5. The van der Waals surface area contributed by atoms with Gasteiger partial charge in [0.2, 0.25) is 5.91 Å². The van der Waals surface area contributed by atoms with Crippen molar-refractivity contribution in [1.82, 2.24) is 15.3 Å². The van der Waals surface area contributed by atoms with Crippen LogP contribution in [0.3, 0.4) is 0 Å². The summed E-state index contributed by atoms with van der Waals surface area (Å²) in [5, 5.41) is 9.61. The molecule has 0 bridgehead atoms. The highest BCUT2D eigenvalue weighted by Crippen LogP contribution is 2.31. The Labute approximate surface area is 186 Å². The molecule has 0 radical (unpaired) electrons. The first-order valence-corrected chi connectivity index (χ1v) is 11.1. The summed E-state index contributed by atoms with van der Waals surface area (Å²) >= 11 is 6.31. The fourth-order valence-electron chi connectivity index (χ4n) is 3.92. The molecule has 31 heavy (non-hydrogen) atoms. The van der Waals surface area contributed by atoms with Gasteiger partial charge < -0.3 is 20.7 Å². The first kappa shape index (κ1) is 21.9. The Morgan fingerprint density at radius 3 is 2.87 bits per heavy atom. The second-order valence-electron chi connectivity index (χ2n) is 8.05. The molecule has 4 rings (SSSR count). The van der Waals surface area contributed by atoms with Crippen molar-refractivity contribution in [1.29, 1.82) is 0 Å². The number of piperidine rings is 1. The van der Waals surface area contributed by atoms with Gasteiger partial charge in [-0.1, -0.05) is 11.6 Å². The summed E-state index contributed by atoms with van der Waals surface area (Å²) in [5.74, 6) is 0.713. The second-order valence-corrected chi connectivity index (χ2v) is 8.45. The number of aromatic nitrogens is 2. The first-order valence-electron chi connectivity index (χ1n) is 10.8. The Hall–Kier alpha value is -2.29. The molecule has 2 fully saturated rings. The smallest absolute Gasteiger partial charge is 0.229 e. The molecule has 0 aromatic carbocycles. The van der Waals surface area contributed by atoms with Gasteiger partial charge in [0.05, 0.1) is 10.9 Å². The van der Waals surface area contributed by atoms with E-state index in [0.717, 1.165) is 52.0 Å². The number of halogens is 2. The van der Waals surface area contributed by atoms with Crippen LogP contribution >= 0.6 is 11.6 Å². The molecular weight excluding hydrogens is 421 g/mol.